The van der Waals surface area contributed by atoms with Gasteiger partial charge in [-0.3, -0.25) is 0 Å². The number of hydrogen-bond donors (Lipinski definition) is 0. The van der Waals surface area contributed by atoms with Crippen molar-refractivity contribution in [3.05, 3.63) is 11.7 Å². The van der Waals surface area contributed by atoms with Gasteiger partial charge in [-0.25, -0.2) is 13.2 Å². The second kappa shape index (κ2) is 2.49. The molecule has 2 bridgehead atoms. The van der Waals surface area contributed by atoms with Crippen LogP contribution in [0.4, 0.5) is 30.7 Å². The number of alkyl halides is 5. The molecule has 2 atom stereocenters. The maximum absolute atomic E-state index is 13.4. The molecule has 3 rings (SSSR count). The fourth-order valence-electron chi connectivity index (χ4n) is 2.04. The van der Waals surface area contributed by atoms with Crippen LogP contribution < -0.4 is 0 Å². The van der Waals surface area contributed by atoms with E-state index >= 15 is 0 Å². The highest BCUT2D eigenvalue weighted by atomic mass is 19.3. The Morgan fingerprint density at radius 2 is 1.53 bits per heavy atom. The van der Waals surface area contributed by atoms with Gasteiger partial charge in [-0.15, -0.1) is 0 Å². The van der Waals surface area contributed by atoms with Gasteiger partial charge in [-0.2, -0.15) is 17.6 Å². The van der Waals surface area contributed by atoms with Gasteiger partial charge in [0, 0.05) is 0 Å². The smallest absolute Gasteiger partial charge is 0.229 e. The summed E-state index contributed by atoms with van der Waals surface area (Å²) in [5, 5.41) is 0. The summed E-state index contributed by atoms with van der Waals surface area (Å²) in [6.45, 7) is 0. The van der Waals surface area contributed by atoms with Gasteiger partial charge in [0.2, 0.25) is 5.67 Å². The highest BCUT2D eigenvalue weighted by molar-refractivity contribution is 5.34. The maximum atomic E-state index is 13.4. The van der Waals surface area contributed by atoms with Crippen LogP contribution in [0.3, 0.4) is 0 Å². The minimum atomic E-state index is -5.19. The van der Waals surface area contributed by atoms with Crippen molar-refractivity contribution in [3.8, 4) is 0 Å². The van der Waals surface area contributed by atoms with Crippen LogP contribution in [0.1, 0.15) is 12.8 Å². The van der Waals surface area contributed by atoms with E-state index in [9.17, 15) is 30.7 Å². The third-order valence-corrected chi connectivity index (χ3v) is 2.99. The molecule has 0 aromatic heterocycles. The van der Waals surface area contributed by atoms with Crippen molar-refractivity contribution in [3.63, 3.8) is 0 Å². The molecule has 0 spiro atoms. The lowest BCUT2D eigenvalue weighted by Crippen LogP contribution is -2.66. The molecule has 0 saturated heterocycles. The topological polar surface area (TPSA) is 0 Å². The van der Waals surface area contributed by atoms with E-state index in [-0.39, 0.29) is 0 Å². The Morgan fingerprint density at radius 1 is 1.00 bits per heavy atom. The standard InChI is InChI=1S/C8H5F7/c9-4-3-1-2-6(11,5(4)10)8(14,15)7(3,12)13/h3H,1-2H2. The molecule has 1 saturated carbocycles. The van der Waals surface area contributed by atoms with Gasteiger partial charge >= 0.3 is 11.8 Å². The van der Waals surface area contributed by atoms with E-state index in [0.717, 1.165) is 0 Å². The van der Waals surface area contributed by atoms with Crippen LogP contribution in [0.5, 0.6) is 0 Å². The average Bonchev–Trinajstić information content (AvgIpc) is 2.11. The van der Waals surface area contributed by atoms with Crippen LogP contribution in [0.2, 0.25) is 0 Å². The predicted octanol–water partition coefficient (Wildman–Crippen LogP) is 3.54. The zero-order valence-electron chi connectivity index (χ0n) is 7.14. The number of allylic oxidation sites excluding steroid dienone is 2. The van der Waals surface area contributed by atoms with E-state index in [4.69, 9.17) is 0 Å². The number of halogens is 7. The van der Waals surface area contributed by atoms with Crippen LogP contribution in [0.15, 0.2) is 11.7 Å². The summed E-state index contributed by atoms with van der Waals surface area (Å²) in [7, 11) is 0. The molecule has 3 aliphatic carbocycles. The first kappa shape index (κ1) is 10.8. The Hall–Kier alpha value is -0.750. The Balaban J connectivity index is 2.68. The highest BCUT2D eigenvalue weighted by Gasteiger charge is 2.81. The minimum absolute atomic E-state index is 0.821. The molecule has 1 fully saturated rings. The van der Waals surface area contributed by atoms with Crippen molar-refractivity contribution in [2.45, 2.75) is 30.4 Å². The summed E-state index contributed by atoms with van der Waals surface area (Å²) in [4.78, 5) is 0. The Kier molecular flexibility index (Phi) is 1.79. The summed E-state index contributed by atoms with van der Waals surface area (Å²) in [6.07, 6.45) is -1.95. The summed E-state index contributed by atoms with van der Waals surface area (Å²) >= 11 is 0. The van der Waals surface area contributed by atoms with Crippen molar-refractivity contribution in [2.24, 2.45) is 5.92 Å². The van der Waals surface area contributed by atoms with Crippen LogP contribution in [0, 0.1) is 5.92 Å². The molecule has 0 aliphatic heterocycles. The van der Waals surface area contributed by atoms with Crippen LogP contribution >= 0.6 is 0 Å². The molecule has 0 nitrogen and oxygen atoms in total. The molecule has 0 aromatic carbocycles. The predicted molar refractivity (Wildman–Crippen MR) is 35.7 cm³/mol. The van der Waals surface area contributed by atoms with Gasteiger partial charge in [0.15, 0.2) is 5.83 Å². The molecule has 15 heavy (non-hydrogen) atoms. The van der Waals surface area contributed by atoms with Gasteiger partial charge in [0.1, 0.15) is 5.83 Å². The van der Waals surface area contributed by atoms with Crippen LogP contribution in [-0.2, 0) is 0 Å². The molecule has 0 amide bonds. The summed E-state index contributed by atoms with van der Waals surface area (Å²) in [6, 6.07) is 0. The van der Waals surface area contributed by atoms with E-state index in [1.165, 1.54) is 0 Å². The minimum Gasteiger partial charge on any atom is -0.229 e. The molecule has 0 N–H and O–H groups in total. The van der Waals surface area contributed by atoms with Gasteiger partial charge in [0.05, 0.1) is 5.92 Å². The molecule has 0 aromatic rings. The molecule has 7 heteroatoms. The quantitative estimate of drug-likeness (QED) is 0.562. The Labute approximate surface area is 79.8 Å². The first-order valence-electron chi connectivity index (χ1n) is 4.16. The summed E-state index contributed by atoms with van der Waals surface area (Å²) in [5.41, 5.74) is -4.20. The third-order valence-electron chi connectivity index (χ3n) is 2.99. The van der Waals surface area contributed by atoms with Crippen molar-refractivity contribution >= 4 is 0 Å². The Bertz CT molecular complexity index is 345. The fourth-order valence-corrected chi connectivity index (χ4v) is 2.04. The molecular weight excluding hydrogens is 229 g/mol. The van der Waals surface area contributed by atoms with E-state index in [1.54, 1.807) is 0 Å². The first-order valence-corrected chi connectivity index (χ1v) is 4.16. The zero-order valence-corrected chi connectivity index (χ0v) is 7.14. The van der Waals surface area contributed by atoms with E-state index < -0.39 is 47.9 Å². The molecule has 2 unspecified atom stereocenters. The van der Waals surface area contributed by atoms with Crippen molar-refractivity contribution < 1.29 is 30.7 Å². The normalized spacial score (nSPS) is 42.2. The largest absolute Gasteiger partial charge is 0.350 e. The lowest BCUT2D eigenvalue weighted by Gasteiger charge is -2.48. The molecule has 0 radical (unpaired) electrons. The number of hydrogen-bond acceptors (Lipinski definition) is 0. The van der Waals surface area contributed by atoms with Crippen LogP contribution in [-0.4, -0.2) is 17.5 Å². The molecule has 0 heterocycles. The summed E-state index contributed by atoms with van der Waals surface area (Å²) < 4.78 is 90.6. The van der Waals surface area contributed by atoms with E-state index in [2.05, 4.69) is 0 Å². The monoisotopic (exact) mass is 234 g/mol. The van der Waals surface area contributed by atoms with Gasteiger partial charge < -0.3 is 0 Å². The van der Waals surface area contributed by atoms with Gasteiger partial charge in [-0.05, 0) is 12.8 Å². The Morgan fingerprint density at radius 3 is 2.07 bits per heavy atom. The fraction of sp³-hybridized carbons (Fsp3) is 0.750. The maximum Gasteiger partial charge on any atom is 0.350 e. The number of fused-ring (bicyclic) bond motifs is 2. The molecule has 3 aliphatic rings. The summed E-state index contributed by atoms with van der Waals surface area (Å²) in [5.74, 6) is -17.1. The lowest BCUT2D eigenvalue weighted by atomic mass is 9.67. The van der Waals surface area contributed by atoms with Crippen molar-refractivity contribution in [1.29, 1.82) is 0 Å². The SMILES string of the molecule is FC1=C(F)C2(F)CCC1C(F)(F)C2(F)F. The first-order chi connectivity index (χ1) is 6.66. The molecular formula is C8H5F7. The third kappa shape index (κ3) is 0.896. The van der Waals surface area contributed by atoms with E-state index in [0.29, 0.717) is 0 Å². The van der Waals surface area contributed by atoms with E-state index in [1.807, 2.05) is 0 Å². The second-order valence-corrected chi connectivity index (χ2v) is 3.75. The highest BCUT2D eigenvalue weighted by Crippen LogP contribution is 2.64. The average molecular weight is 234 g/mol. The number of rotatable bonds is 0. The zero-order chi connectivity index (χ0) is 11.6. The van der Waals surface area contributed by atoms with Gasteiger partial charge in [-0.1, -0.05) is 0 Å². The van der Waals surface area contributed by atoms with Crippen molar-refractivity contribution in [2.75, 3.05) is 0 Å². The molecule has 86 valence electrons. The van der Waals surface area contributed by atoms with Gasteiger partial charge in [0.25, 0.3) is 0 Å². The lowest BCUT2D eigenvalue weighted by molar-refractivity contribution is -0.314. The van der Waals surface area contributed by atoms with Crippen molar-refractivity contribution in [1.82, 2.24) is 0 Å². The van der Waals surface area contributed by atoms with Crippen LogP contribution in [0.25, 0.3) is 0 Å². The second-order valence-electron chi connectivity index (χ2n) is 3.75.